The molecular weight excluding hydrogens is 160 g/mol. The second-order valence-corrected chi connectivity index (χ2v) is 2.86. The van der Waals surface area contributed by atoms with Crippen LogP contribution in [0.15, 0.2) is 0 Å². The summed E-state index contributed by atoms with van der Waals surface area (Å²) in [4.78, 5) is 29.7. The number of hydrogen-bond acceptors (Lipinski definition) is 4. The maximum Gasteiger partial charge on any atom is 0.355 e. The van der Waals surface area contributed by atoms with Crippen LogP contribution in [-0.2, 0) is 19.4 Å². The first-order chi connectivity index (χ1) is 5.56. The average molecular weight is 174 g/mol. The van der Waals surface area contributed by atoms with Crippen LogP contribution in [0.2, 0.25) is 0 Å². The molecule has 0 aromatic rings. The Bertz CT molecular complexity index is 162. The quantitative estimate of drug-likeness (QED) is 0.480. The Morgan fingerprint density at radius 3 is 2.08 bits per heavy atom. The number of hydrogen-bond donors (Lipinski definition) is 0. The fourth-order valence-electron chi connectivity index (χ4n) is 0.519. The predicted octanol–water partition coefficient (Wildman–Crippen LogP) is 1.44. The third kappa shape index (κ3) is 5.70. The molecule has 0 aliphatic carbocycles. The molecule has 0 rings (SSSR count). The highest BCUT2D eigenvalue weighted by Gasteiger charge is 2.09. The largest absolute Gasteiger partial charge is 0.355 e. The van der Waals surface area contributed by atoms with Crippen molar-refractivity contribution in [2.75, 3.05) is 0 Å². The van der Waals surface area contributed by atoms with E-state index in [1.807, 2.05) is 13.8 Å². The molecule has 0 aliphatic heterocycles. The normalized spacial score (nSPS) is 9.67. The van der Waals surface area contributed by atoms with E-state index in [2.05, 4.69) is 9.78 Å². The summed E-state index contributed by atoms with van der Waals surface area (Å²) in [6, 6.07) is 0. The summed E-state index contributed by atoms with van der Waals surface area (Å²) in [5.74, 6) is -0.836. The lowest BCUT2D eigenvalue weighted by Gasteiger charge is -2.03. The van der Waals surface area contributed by atoms with Gasteiger partial charge in [0.15, 0.2) is 0 Å². The summed E-state index contributed by atoms with van der Waals surface area (Å²) in [6.07, 6.45) is 0.464. The molecule has 70 valence electrons. The molecule has 0 bridgehead atoms. The first-order valence-electron chi connectivity index (χ1n) is 3.96. The van der Waals surface area contributed by atoms with Gasteiger partial charge in [0, 0.05) is 6.42 Å². The van der Waals surface area contributed by atoms with Crippen LogP contribution in [0.4, 0.5) is 0 Å². The Morgan fingerprint density at radius 1 is 1.17 bits per heavy atom. The highest BCUT2D eigenvalue weighted by Crippen LogP contribution is 2.01. The lowest BCUT2D eigenvalue weighted by atomic mass is 10.1. The zero-order chi connectivity index (χ0) is 9.56. The number of rotatable bonds is 3. The highest BCUT2D eigenvalue weighted by molar-refractivity contribution is 5.72. The molecule has 0 aromatic heterocycles. The molecule has 0 spiro atoms. The van der Waals surface area contributed by atoms with E-state index in [1.54, 1.807) is 6.92 Å². The third-order valence-corrected chi connectivity index (χ3v) is 1.09. The highest BCUT2D eigenvalue weighted by atomic mass is 17.2. The van der Waals surface area contributed by atoms with Gasteiger partial charge in [0.25, 0.3) is 0 Å². The van der Waals surface area contributed by atoms with Crippen LogP contribution < -0.4 is 0 Å². The van der Waals surface area contributed by atoms with Crippen LogP contribution in [0.25, 0.3) is 0 Å². The zero-order valence-corrected chi connectivity index (χ0v) is 7.62. The van der Waals surface area contributed by atoms with Crippen molar-refractivity contribution in [3.8, 4) is 0 Å². The van der Waals surface area contributed by atoms with Crippen molar-refractivity contribution in [2.24, 2.45) is 5.92 Å². The first kappa shape index (κ1) is 10.9. The van der Waals surface area contributed by atoms with E-state index >= 15 is 0 Å². The van der Waals surface area contributed by atoms with Crippen molar-refractivity contribution >= 4 is 11.9 Å². The molecule has 0 aliphatic rings. The summed E-state index contributed by atoms with van der Waals surface area (Å²) >= 11 is 0. The van der Waals surface area contributed by atoms with Crippen molar-refractivity contribution < 1.29 is 19.4 Å². The van der Waals surface area contributed by atoms with Gasteiger partial charge in [0.1, 0.15) is 0 Å². The molecular formula is C8H14O4. The van der Waals surface area contributed by atoms with Crippen LogP contribution in [0.1, 0.15) is 33.6 Å². The van der Waals surface area contributed by atoms with Gasteiger partial charge in [-0.1, -0.05) is 20.8 Å². The lowest BCUT2D eigenvalue weighted by Crippen LogP contribution is -2.11. The van der Waals surface area contributed by atoms with E-state index in [4.69, 9.17) is 0 Å². The SMILES string of the molecule is CCC(=O)OOC(=O)CC(C)C. The summed E-state index contributed by atoms with van der Waals surface area (Å²) in [7, 11) is 0. The van der Waals surface area contributed by atoms with E-state index in [1.165, 1.54) is 0 Å². The second kappa shape index (κ2) is 5.57. The van der Waals surface area contributed by atoms with Crippen LogP contribution in [0, 0.1) is 5.92 Å². The molecule has 0 heterocycles. The standard InChI is InChI=1S/C8H14O4/c1-4-7(9)11-12-8(10)5-6(2)3/h6H,4-5H2,1-3H3. The molecule has 4 nitrogen and oxygen atoms in total. The van der Waals surface area contributed by atoms with Gasteiger partial charge in [-0.15, -0.1) is 0 Å². The van der Waals surface area contributed by atoms with Gasteiger partial charge >= 0.3 is 11.9 Å². The molecule has 0 saturated heterocycles. The molecule has 0 unspecified atom stereocenters. The molecule has 0 saturated carbocycles. The predicted molar refractivity (Wildman–Crippen MR) is 41.9 cm³/mol. The first-order valence-corrected chi connectivity index (χ1v) is 3.96. The van der Waals surface area contributed by atoms with E-state index < -0.39 is 11.9 Å². The Balaban J connectivity index is 3.51. The monoisotopic (exact) mass is 174 g/mol. The number of carbonyl (C=O) groups excluding carboxylic acids is 2. The van der Waals surface area contributed by atoms with Gasteiger partial charge in [0.2, 0.25) is 0 Å². The fraction of sp³-hybridized carbons (Fsp3) is 0.750. The molecule has 0 N–H and O–H groups in total. The van der Waals surface area contributed by atoms with E-state index in [-0.39, 0.29) is 18.8 Å². The minimum Gasteiger partial charge on any atom is -0.247 e. The van der Waals surface area contributed by atoms with Crippen molar-refractivity contribution in [2.45, 2.75) is 33.6 Å². The second-order valence-electron chi connectivity index (χ2n) is 2.86. The Kier molecular flexibility index (Phi) is 5.08. The van der Waals surface area contributed by atoms with E-state index in [0.29, 0.717) is 0 Å². The van der Waals surface area contributed by atoms with Crippen molar-refractivity contribution in [3.63, 3.8) is 0 Å². The Morgan fingerprint density at radius 2 is 1.67 bits per heavy atom. The van der Waals surface area contributed by atoms with Gasteiger partial charge in [-0.2, -0.15) is 0 Å². The Hall–Kier alpha value is -1.06. The molecule has 0 radical (unpaired) electrons. The van der Waals surface area contributed by atoms with Gasteiger partial charge in [-0.25, -0.2) is 19.4 Å². The van der Waals surface area contributed by atoms with Gasteiger partial charge < -0.3 is 0 Å². The van der Waals surface area contributed by atoms with Crippen molar-refractivity contribution in [3.05, 3.63) is 0 Å². The van der Waals surface area contributed by atoms with Crippen molar-refractivity contribution in [1.29, 1.82) is 0 Å². The minimum atomic E-state index is -0.535. The van der Waals surface area contributed by atoms with E-state index in [9.17, 15) is 9.59 Å². The average Bonchev–Trinajstić information content (AvgIpc) is 1.99. The number of carbonyl (C=O) groups is 2. The van der Waals surface area contributed by atoms with Gasteiger partial charge in [-0.05, 0) is 5.92 Å². The smallest absolute Gasteiger partial charge is 0.247 e. The maximum absolute atomic E-state index is 10.8. The van der Waals surface area contributed by atoms with Gasteiger partial charge in [-0.3, -0.25) is 0 Å². The summed E-state index contributed by atoms with van der Waals surface area (Å²) in [6.45, 7) is 5.38. The fourth-order valence-corrected chi connectivity index (χ4v) is 0.519. The molecule has 12 heavy (non-hydrogen) atoms. The van der Waals surface area contributed by atoms with E-state index in [0.717, 1.165) is 0 Å². The summed E-state index contributed by atoms with van der Waals surface area (Å²) in [5.41, 5.74) is 0. The van der Waals surface area contributed by atoms with Crippen LogP contribution in [0.3, 0.4) is 0 Å². The lowest BCUT2D eigenvalue weighted by molar-refractivity contribution is -0.259. The maximum atomic E-state index is 10.8. The van der Waals surface area contributed by atoms with Crippen LogP contribution >= 0.6 is 0 Å². The van der Waals surface area contributed by atoms with Gasteiger partial charge in [0.05, 0.1) is 6.42 Å². The minimum absolute atomic E-state index is 0.203. The van der Waals surface area contributed by atoms with Crippen LogP contribution in [-0.4, -0.2) is 11.9 Å². The Labute approximate surface area is 71.8 Å². The molecule has 0 atom stereocenters. The van der Waals surface area contributed by atoms with Crippen molar-refractivity contribution in [1.82, 2.24) is 0 Å². The molecule has 4 heteroatoms. The zero-order valence-electron chi connectivity index (χ0n) is 7.62. The van der Waals surface area contributed by atoms with Crippen LogP contribution in [0.5, 0.6) is 0 Å². The topological polar surface area (TPSA) is 52.6 Å². The molecule has 0 fully saturated rings. The molecule has 0 amide bonds. The summed E-state index contributed by atoms with van der Waals surface area (Å²) in [5, 5.41) is 0. The third-order valence-electron chi connectivity index (χ3n) is 1.09. The summed E-state index contributed by atoms with van der Waals surface area (Å²) < 4.78 is 0. The molecule has 0 aromatic carbocycles.